The molecule has 2 rings (SSSR count). The van der Waals surface area contributed by atoms with Crippen molar-refractivity contribution in [2.24, 2.45) is 5.92 Å². The van der Waals surface area contributed by atoms with Crippen LogP contribution in [0, 0.1) is 12.8 Å². The molecular weight excluding hydrogens is 268 g/mol. The van der Waals surface area contributed by atoms with Gasteiger partial charge in [-0.05, 0) is 31.4 Å². The molecule has 1 heterocycles. The standard InChI is InChI=1S/C16H22N2O3/c1-11-7-6-10-17-14(11)15(19)18-13-9-5-3-2-4-8-12(13)16(20)21/h6-7,10,12-13H,2-5,8-9H2,1H3,(H,18,19)(H,20,21). The fourth-order valence-electron chi connectivity index (χ4n) is 2.91. The summed E-state index contributed by atoms with van der Waals surface area (Å²) in [4.78, 5) is 27.9. The van der Waals surface area contributed by atoms with Gasteiger partial charge in [0.15, 0.2) is 0 Å². The van der Waals surface area contributed by atoms with Gasteiger partial charge in [0.25, 0.3) is 5.91 Å². The predicted molar refractivity (Wildman–Crippen MR) is 79.1 cm³/mol. The Balaban J connectivity index is 2.12. The Morgan fingerprint density at radius 1 is 1.24 bits per heavy atom. The lowest BCUT2D eigenvalue weighted by Crippen LogP contribution is -2.44. The number of hydrogen-bond donors (Lipinski definition) is 2. The van der Waals surface area contributed by atoms with Crippen molar-refractivity contribution < 1.29 is 14.7 Å². The fraction of sp³-hybridized carbons (Fsp3) is 0.562. The number of pyridine rings is 1. The molecule has 5 nitrogen and oxygen atoms in total. The molecule has 1 aliphatic rings. The third-order valence-electron chi connectivity index (χ3n) is 4.12. The number of carboxylic acids is 1. The van der Waals surface area contributed by atoms with Crippen LogP contribution in [0.5, 0.6) is 0 Å². The number of rotatable bonds is 3. The van der Waals surface area contributed by atoms with Gasteiger partial charge < -0.3 is 10.4 Å². The van der Waals surface area contributed by atoms with Crippen LogP contribution in [0.4, 0.5) is 0 Å². The number of nitrogens with one attached hydrogen (secondary N) is 1. The van der Waals surface area contributed by atoms with Crippen molar-refractivity contribution in [2.45, 2.75) is 51.5 Å². The van der Waals surface area contributed by atoms with Crippen LogP contribution in [-0.2, 0) is 4.79 Å². The van der Waals surface area contributed by atoms with Crippen molar-refractivity contribution in [1.29, 1.82) is 0 Å². The van der Waals surface area contributed by atoms with Crippen LogP contribution >= 0.6 is 0 Å². The topological polar surface area (TPSA) is 79.3 Å². The molecule has 114 valence electrons. The maximum Gasteiger partial charge on any atom is 0.308 e. The third kappa shape index (κ3) is 4.03. The lowest BCUT2D eigenvalue weighted by molar-refractivity contribution is -0.143. The first-order valence-corrected chi connectivity index (χ1v) is 7.55. The van der Waals surface area contributed by atoms with Crippen LogP contribution in [-0.4, -0.2) is 28.0 Å². The highest BCUT2D eigenvalue weighted by atomic mass is 16.4. The van der Waals surface area contributed by atoms with Crippen LogP contribution in [0.15, 0.2) is 18.3 Å². The lowest BCUT2D eigenvalue weighted by Gasteiger charge is -2.27. The molecule has 0 bridgehead atoms. The monoisotopic (exact) mass is 290 g/mol. The molecule has 2 unspecified atom stereocenters. The first-order chi connectivity index (χ1) is 10.1. The van der Waals surface area contributed by atoms with Gasteiger partial charge in [-0.15, -0.1) is 0 Å². The van der Waals surface area contributed by atoms with Crippen LogP contribution in [0.25, 0.3) is 0 Å². The van der Waals surface area contributed by atoms with Gasteiger partial charge in [0.05, 0.1) is 5.92 Å². The summed E-state index contributed by atoms with van der Waals surface area (Å²) in [6.07, 6.45) is 6.96. The normalized spacial score (nSPS) is 22.9. The van der Waals surface area contributed by atoms with Crippen LogP contribution in [0.3, 0.4) is 0 Å². The van der Waals surface area contributed by atoms with Gasteiger partial charge in [-0.1, -0.05) is 31.7 Å². The van der Waals surface area contributed by atoms with Crippen molar-refractivity contribution in [3.05, 3.63) is 29.6 Å². The summed E-state index contributed by atoms with van der Waals surface area (Å²) in [7, 11) is 0. The van der Waals surface area contributed by atoms with Gasteiger partial charge in [0.2, 0.25) is 0 Å². The number of aromatic nitrogens is 1. The van der Waals surface area contributed by atoms with E-state index < -0.39 is 11.9 Å². The van der Waals surface area contributed by atoms with Crippen LogP contribution in [0.1, 0.15) is 54.6 Å². The van der Waals surface area contributed by atoms with Crippen molar-refractivity contribution in [3.63, 3.8) is 0 Å². The van der Waals surface area contributed by atoms with E-state index in [9.17, 15) is 14.7 Å². The molecule has 0 aliphatic heterocycles. The van der Waals surface area contributed by atoms with Crippen LogP contribution < -0.4 is 5.32 Å². The first-order valence-electron chi connectivity index (χ1n) is 7.55. The summed E-state index contributed by atoms with van der Waals surface area (Å²) in [6.45, 7) is 1.83. The minimum Gasteiger partial charge on any atom is -0.481 e. The molecule has 1 aromatic rings. The van der Waals surface area contributed by atoms with Crippen molar-refractivity contribution in [2.75, 3.05) is 0 Å². The van der Waals surface area contributed by atoms with Gasteiger partial charge in [-0.25, -0.2) is 0 Å². The highest BCUT2D eigenvalue weighted by Crippen LogP contribution is 2.23. The maximum absolute atomic E-state index is 12.3. The fourth-order valence-corrected chi connectivity index (χ4v) is 2.91. The highest BCUT2D eigenvalue weighted by Gasteiger charge is 2.30. The van der Waals surface area contributed by atoms with E-state index in [0.29, 0.717) is 18.5 Å². The lowest BCUT2D eigenvalue weighted by atomic mass is 9.86. The smallest absolute Gasteiger partial charge is 0.308 e. The molecule has 1 saturated carbocycles. The third-order valence-corrected chi connectivity index (χ3v) is 4.12. The molecule has 2 N–H and O–H groups in total. The number of amides is 1. The number of aryl methyl sites for hydroxylation is 1. The maximum atomic E-state index is 12.3. The van der Waals surface area contributed by atoms with Gasteiger partial charge in [0.1, 0.15) is 5.69 Å². The molecule has 1 aromatic heterocycles. The van der Waals surface area contributed by atoms with Crippen molar-refractivity contribution >= 4 is 11.9 Å². The molecule has 0 aromatic carbocycles. The van der Waals surface area contributed by atoms with E-state index in [1.165, 1.54) is 0 Å². The molecule has 1 aliphatic carbocycles. The second-order valence-corrected chi connectivity index (χ2v) is 5.69. The molecule has 1 amide bonds. The molecule has 21 heavy (non-hydrogen) atoms. The number of carboxylic acid groups (broad SMARTS) is 1. The van der Waals surface area contributed by atoms with E-state index in [0.717, 1.165) is 31.2 Å². The summed E-state index contributed by atoms with van der Waals surface area (Å²) in [6, 6.07) is 3.30. The number of aliphatic carboxylic acids is 1. The Morgan fingerprint density at radius 2 is 1.95 bits per heavy atom. The molecule has 0 spiro atoms. The number of carbonyl (C=O) groups excluding carboxylic acids is 1. The molecule has 0 saturated heterocycles. The summed E-state index contributed by atoms with van der Waals surface area (Å²) >= 11 is 0. The van der Waals surface area contributed by atoms with Gasteiger partial charge in [-0.3, -0.25) is 14.6 Å². The zero-order valence-corrected chi connectivity index (χ0v) is 12.3. The van der Waals surface area contributed by atoms with Crippen LogP contribution in [0.2, 0.25) is 0 Å². The number of nitrogens with zero attached hydrogens (tertiary/aromatic N) is 1. The SMILES string of the molecule is Cc1cccnc1C(=O)NC1CCCCCCC1C(=O)O. The molecule has 5 heteroatoms. The Kier molecular flexibility index (Phi) is 5.31. The molecule has 2 atom stereocenters. The first kappa shape index (κ1) is 15.5. The highest BCUT2D eigenvalue weighted by molar-refractivity contribution is 5.94. The van der Waals surface area contributed by atoms with E-state index in [4.69, 9.17) is 0 Å². The summed E-state index contributed by atoms with van der Waals surface area (Å²) < 4.78 is 0. The average Bonchev–Trinajstić information content (AvgIpc) is 2.41. The predicted octanol–water partition coefficient (Wildman–Crippen LogP) is 2.54. The minimum atomic E-state index is -0.819. The second-order valence-electron chi connectivity index (χ2n) is 5.69. The molecule has 0 radical (unpaired) electrons. The van der Waals surface area contributed by atoms with Gasteiger partial charge in [0, 0.05) is 12.2 Å². The summed E-state index contributed by atoms with van der Waals surface area (Å²) in [5.74, 6) is -1.59. The Bertz CT molecular complexity index is 516. The van der Waals surface area contributed by atoms with E-state index in [1.807, 2.05) is 13.0 Å². The van der Waals surface area contributed by atoms with E-state index >= 15 is 0 Å². The van der Waals surface area contributed by atoms with Gasteiger partial charge >= 0.3 is 5.97 Å². The summed E-state index contributed by atoms with van der Waals surface area (Å²) in [5, 5.41) is 12.3. The molecular formula is C16H22N2O3. The Morgan fingerprint density at radius 3 is 2.62 bits per heavy atom. The van der Waals surface area contributed by atoms with Crippen molar-refractivity contribution in [1.82, 2.24) is 10.3 Å². The van der Waals surface area contributed by atoms with E-state index in [2.05, 4.69) is 10.3 Å². The zero-order valence-electron chi connectivity index (χ0n) is 12.3. The Labute approximate surface area is 124 Å². The molecule has 1 fully saturated rings. The second kappa shape index (κ2) is 7.20. The number of hydrogen-bond acceptors (Lipinski definition) is 3. The minimum absolute atomic E-state index is 0.273. The Hall–Kier alpha value is -1.91. The quantitative estimate of drug-likeness (QED) is 0.896. The average molecular weight is 290 g/mol. The van der Waals surface area contributed by atoms with E-state index in [1.54, 1.807) is 12.3 Å². The zero-order chi connectivity index (χ0) is 15.2. The van der Waals surface area contributed by atoms with Crippen molar-refractivity contribution in [3.8, 4) is 0 Å². The van der Waals surface area contributed by atoms with E-state index in [-0.39, 0.29) is 11.9 Å². The summed E-state index contributed by atoms with van der Waals surface area (Å²) in [5.41, 5.74) is 1.18. The number of carbonyl (C=O) groups is 2. The van der Waals surface area contributed by atoms with Gasteiger partial charge in [-0.2, -0.15) is 0 Å². The largest absolute Gasteiger partial charge is 0.481 e.